The van der Waals surface area contributed by atoms with Crippen LogP contribution in [0.5, 0.6) is 11.5 Å². The van der Waals surface area contributed by atoms with Crippen molar-refractivity contribution in [3.8, 4) is 11.5 Å². The first-order valence-corrected chi connectivity index (χ1v) is 7.20. The van der Waals surface area contributed by atoms with Crippen molar-refractivity contribution in [3.05, 3.63) is 71.8 Å². The normalized spacial score (nSPS) is 10.7. The van der Waals surface area contributed by atoms with E-state index in [1.165, 1.54) is 5.56 Å². The highest BCUT2D eigenvalue weighted by molar-refractivity contribution is 5.93. The zero-order valence-electron chi connectivity index (χ0n) is 12.0. The lowest BCUT2D eigenvalue weighted by Crippen LogP contribution is -1.94. The average Bonchev–Trinajstić information content (AvgIpc) is 2.51. The molecule has 0 saturated carbocycles. The van der Waals surface area contributed by atoms with Crippen molar-refractivity contribution in [3.63, 3.8) is 0 Å². The molecule has 0 saturated heterocycles. The maximum Gasteiger partial charge on any atom is 0.165 e. The number of hydrogen-bond donors (Lipinski definition) is 1. The van der Waals surface area contributed by atoms with Gasteiger partial charge in [0.25, 0.3) is 0 Å². The van der Waals surface area contributed by atoms with Crippen molar-refractivity contribution in [1.82, 2.24) is 0 Å². The lowest BCUT2D eigenvalue weighted by atomic mass is 9.97. The number of benzene rings is 3. The number of phenols is 1. The smallest absolute Gasteiger partial charge is 0.165 e. The van der Waals surface area contributed by atoms with Gasteiger partial charge < -0.3 is 9.84 Å². The lowest BCUT2D eigenvalue weighted by Gasteiger charge is -2.12. The molecular formula is C19H18O2. The molecule has 0 bridgehead atoms. The number of hydrogen-bond acceptors (Lipinski definition) is 2. The minimum atomic E-state index is 0.237. The fourth-order valence-corrected chi connectivity index (χ4v) is 2.65. The van der Waals surface area contributed by atoms with E-state index in [0.29, 0.717) is 12.4 Å². The van der Waals surface area contributed by atoms with Crippen LogP contribution < -0.4 is 4.74 Å². The highest BCUT2D eigenvalue weighted by Crippen LogP contribution is 2.37. The monoisotopic (exact) mass is 278 g/mol. The Morgan fingerprint density at radius 2 is 1.71 bits per heavy atom. The van der Waals surface area contributed by atoms with Crippen molar-refractivity contribution in [2.45, 2.75) is 13.3 Å². The summed E-state index contributed by atoms with van der Waals surface area (Å²) in [4.78, 5) is 0. The molecule has 2 nitrogen and oxygen atoms in total. The molecule has 2 heteroatoms. The minimum Gasteiger partial charge on any atom is -0.504 e. The quantitative estimate of drug-likeness (QED) is 0.759. The molecule has 3 aromatic carbocycles. The number of phenolic OH excluding ortho intramolecular Hbond substituents is 1. The molecule has 0 fully saturated rings. The van der Waals surface area contributed by atoms with Crippen LogP contribution in [0.3, 0.4) is 0 Å². The van der Waals surface area contributed by atoms with Crippen LogP contribution in [0.2, 0.25) is 0 Å². The zero-order chi connectivity index (χ0) is 14.7. The van der Waals surface area contributed by atoms with E-state index in [0.717, 1.165) is 22.8 Å². The number of fused-ring (bicyclic) bond motifs is 1. The SMILES string of the molecule is CCOc1ccc2cccc(Cc3ccccc3)c2c1O. The predicted molar refractivity (Wildman–Crippen MR) is 86.0 cm³/mol. The maximum absolute atomic E-state index is 10.5. The first kappa shape index (κ1) is 13.5. The highest BCUT2D eigenvalue weighted by atomic mass is 16.5. The first-order valence-electron chi connectivity index (χ1n) is 7.20. The van der Waals surface area contributed by atoms with Crippen LogP contribution in [0.15, 0.2) is 60.7 Å². The molecule has 0 heterocycles. The van der Waals surface area contributed by atoms with E-state index >= 15 is 0 Å². The molecule has 0 spiro atoms. The second-order valence-electron chi connectivity index (χ2n) is 5.02. The van der Waals surface area contributed by atoms with Crippen molar-refractivity contribution in [1.29, 1.82) is 0 Å². The van der Waals surface area contributed by atoms with Gasteiger partial charge in [-0.3, -0.25) is 0 Å². The van der Waals surface area contributed by atoms with Crippen molar-refractivity contribution >= 4 is 10.8 Å². The molecule has 0 unspecified atom stereocenters. The van der Waals surface area contributed by atoms with Gasteiger partial charge in [-0.05, 0) is 35.9 Å². The second-order valence-corrected chi connectivity index (χ2v) is 5.02. The standard InChI is InChI=1S/C19H18O2/c1-2-21-17-12-11-15-9-6-10-16(18(15)19(17)20)13-14-7-4-3-5-8-14/h3-12,20H,2,13H2,1H3. The highest BCUT2D eigenvalue weighted by Gasteiger charge is 2.11. The van der Waals surface area contributed by atoms with Crippen LogP contribution in [0, 0.1) is 0 Å². The van der Waals surface area contributed by atoms with E-state index in [9.17, 15) is 5.11 Å². The van der Waals surface area contributed by atoms with Gasteiger partial charge in [0.1, 0.15) is 0 Å². The molecule has 21 heavy (non-hydrogen) atoms. The van der Waals surface area contributed by atoms with Gasteiger partial charge in [0.05, 0.1) is 6.61 Å². The number of ether oxygens (including phenoxy) is 1. The Morgan fingerprint density at radius 3 is 2.48 bits per heavy atom. The molecular weight excluding hydrogens is 260 g/mol. The Morgan fingerprint density at radius 1 is 0.905 bits per heavy atom. The zero-order valence-corrected chi connectivity index (χ0v) is 12.0. The summed E-state index contributed by atoms with van der Waals surface area (Å²) in [5, 5.41) is 12.4. The van der Waals surface area contributed by atoms with E-state index < -0.39 is 0 Å². The summed E-state index contributed by atoms with van der Waals surface area (Å²) in [6.07, 6.45) is 0.793. The van der Waals surface area contributed by atoms with Crippen molar-refractivity contribution in [2.24, 2.45) is 0 Å². The molecule has 106 valence electrons. The van der Waals surface area contributed by atoms with Gasteiger partial charge in [-0.25, -0.2) is 0 Å². The lowest BCUT2D eigenvalue weighted by molar-refractivity contribution is 0.320. The van der Waals surface area contributed by atoms with Crippen LogP contribution in [0.1, 0.15) is 18.1 Å². The van der Waals surface area contributed by atoms with Gasteiger partial charge in [-0.2, -0.15) is 0 Å². The number of aromatic hydroxyl groups is 1. The Kier molecular flexibility index (Phi) is 3.78. The maximum atomic E-state index is 10.5. The average molecular weight is 278 g/mol. The molecule has 1 N–H and O–H groups in total. The summed E-state index contributed by atoms with van der Waals surface area (Å²) in [5.41, 5.74) is 2.34. The largest absolute Gasteiger partial charge is 0.504 e. The fraction of sp³-hybridized carbons (Fsp3) is 0.158. The van der Waals surface area contributed by atoms with Crippen LogP contribution >= 0.6 is 0 Å². The fourth-order valence-electron chi connectivity index (χ4n) is 2.65. The topological polar surface area (TPSA) is 29.5 Å². The minimum absolute atomic E-state index is 0.237. The van der Waals surface area contributed by atoms with E-state index in [2.05, 4.69) is 18.2 Å². The Bertz CT molecular complexity index is 748. The molecule has 0 aliphatic rings. The van der Waals surface area contributed by atoms with E-state index in [1.807, 2.05) is 49.4 Å². The van der Waals surface area contributed by atoms with Crippen LogP contribution in [0.25, 0.3) is 10.8 Å². The van der Waals surface area contributed by atoms with Gasteiger partial charge in [0.2, 0.25) is 0 Å². The summed E-state index contributed by atoms with van der Waals surface area (Å²) in [6, 6.07) is 20.2. The summed E-state index contributed by atoms with van der Waals surface area (Å²) in [5.74, 6) is 0.784. The van der Waals surface area contributed by atoms with E-state index in [-0.39, 0.29) is 5.75 Å². The van der Waals surface area contributed by atoms with Gasteiger partial charge in [0.15, 0.2) is 11.5 Å². The third-order valence-corrected chi connectivity index (χ3v) is 3.60. The van der Waals surface area contributed by atoms with Crippen molar-refractivity contribution in [2.75, 3.05) is 6.61 Å². The molecule has 0 aliphatic heterocycles. The summed E-state index contributed by atoms with van der Waals surface area (Å²) in [7, 11) is 0. The number of rotatable bonds is 4. The van der Waals surface area contributed by atoms with Gasteiger partial charge in [-0.1, -0.05) is 54.6 Å². The molecule has 0 atom stereocenters. The van der Waals surface area contributed by atoms with Crippen LogP contribution in [-0.4, -0.2) is 11.7 Å². The van der Waals surface area contributed by atoms with E-state index in [1.54, 1.807) is 0 Å². The second kappa shape index (κ2) is 5.88. The van der Waals surface area contributed by atoms with E-state index in [4.69, 9.17) is 4.74 Å². The molecule has 0 aromatic heterocycles. The summed E-state index contributed by atoms with van der Waals surface area (Å²) < 4.78 is 5.50. The van der Waals surface area contributed by atoms with Crippen molar-refractivity contribution < 1.29 is 9.84 Å². The van der Waals surface area contributed by atoms with Gasteiger partial charge >= 0.3 is 0 Å². The third-order valence-electron chi connectivity index (χ3n) is 3.60. The molecule has 0 aliphatic carbocycles. The molecule has 0 radical (unpaired) electrons. The Hall–Kier alpha value is -2.48. The molecule has 0 amide bonds. The Labute approximate surface area is 124 Å². The predicted octanol–water partition coefficient (Wildman–Crippen LogP) is 4.53. The van der Waals surface area contributed by atoms with Gasteiger partial charge in [-0.15, -0.1) is 0 Å². The molecule has 3 rings (SSSR count). The van der Waals surface area contributed by atoms with Crippen LogP contribution in [0.4, 0.5) is 0 Å². The Balaban J connectivity index is 2.11. The van der Waals surface area contributed by atoms with Gasteiger partial charge in [0, 0.05) is 5.39 Å². The summed E-state index contributed by atoms with van der Waals surface area (Å²) >= 11 is 0. The first-order chi connectivity index (χ1) is 10.3. The third kappa shape index (κ3) is 2.70. The van der Waals surface area contributed by atoms with Crippen LogP contribution in [-0.2, 0) is 6.42 Å². The summed E-state index contributed by atoms with van der Waals surface area (Å²) in [6.45, 7) is 2.46. The molecule has 3 aromatic rings.